The van der Waals surface area contributed by atoms with Crippen molar-refractivity contribution in [1.29, 1.82) is 0 Å². The van der Waals surface area contributed by atoms with E-state index in [2.05, 4.69) is 13.8 Å². The Labute approximate surface area is 165 Å². The summed E-state index contributed by atoms with van der Waals surface area (Å²) in [5, 5.41) is 10.8. The van der Waals surface area contributed by atoms with Crippen molar-refractivity contribution in [1.82, 2.24) is 0 Å². The number of ether oxygens (including phenoxy) is 1. The van der Waals surface area contributed by atoms with Crippen LogP contribution in [-0.2, 0) is 9.53 Å². The molecule has 9 atom stereocenters. The predicted molar refractivity (Wildman–Crippen MR) is 107 cm³/mol. The highest BCUT2D eigenvalue weighted by Crippen LogP contribution is 2.69. The summed E-state index contributed by atoms with van der Waals surface area (Å²) in [6.07, 6.45) is 10.5. The zero-order chi connectivity index (χ0) is 19.6. The Hall–Kier alpha value is -0.410. The minimum absolute atomic E-state index is 0.218. The van der Waals surface area contributed by atoms with Crippen molar-refractivity contribution >= 4 is 5.78 Å². The number of Topliss-reactive ketones (excluding diaryl/α,β-unsaturated/α-hetero) is 1. The molecule has 0 saturated heterocycles. The fourth-order valence-corrected chi connectivity index (χ4v) is 8.85. The molecule has 0 heterocycles. The van der Waals surface area contributed by atoms with Gasteiger partial charge in [0.2, 0.25) is 0 Å². The van der Waals surface area contributed by atoms with Crippen LogP contribution in [0.5, 0.6) is 0 Å². The van der Waals surface area contributed by atoms with Crippen molar-refractivity contribution in [2.75, 3.05) is 7.11 Å². The molecule has 0 aromatic carbocycles. The molecule has 0 radical (unpaired) electrons. The quantitative estimate of drug-likeness (QED) is 0.754. The van der Waals surface area contributed by atoms with Crippen LogP contribution in [0.15, 0.2) is 0 Å². The Morgan fingerprint density at radius 1 is 1.04 bits per heavy atom. The molecule has 0 amide bonds. The van der Waals surface area contributed by atoms with Crippen LogP contribution < -0.4 is 0 Å². The van der Waals surface area contributed by atoms with Crippen LogP contribution in [0.2, 0.25) is 0 Å². The number of carbonyl (C=O) groups excluding carboxylic acids is 1. The second-order valence-electron chi connectivity index (χ2n) is 11.1. The topological polar surface area (TPSA) is 46.5 Å². The van der Waals surface area contributed by atoms with Gasteiger partial charge < -0.3 is 9.84 Å². The summed E-state index contributed by atoms with van der Waals surface area (Å²) in [5.41, 5.74) is -0.0717. The van der Waals surface area contributed by atoms with E-state index in [1.54, 1.807) is 0 Å². The molecule has 4 fully saturated rings. The van der Waals surface area contributed by atoms with Crippen molar-refractivity contribution in [2.24, 2.45) is 40.4 Å². The summed E-state index contributed by atoms with van der Waals surface area (Å²) in [6.45, 7) is 8.57. The van der Waals surface area contributed by atoms with Gasteiger partial charge in [-0.2, -0.15) is 0 Å². The van der Waals surface area contributed by atoms with Crippen molar-refractivity contribution in [3.63, 3.8) is 0 Å². The number of carbonyl (C=O) groups is 1. The molecule has 4 saturated carbocycles. The Balaban J connectivity index is 1.69. The zero-order valence-electron chi connectivity index (χ0n) is 18.1. The molecule has 154 valence electrons. The lowest BCUT2D eigenvalue weighted by Gasteiger charge is -2.64. The van der Waals surface area contributed by atoms with Crippen LogP contribution in [0, 0.1) is 40.4 Å². The number of methoxy groups -OCH3 is 1. The van der Waals surface area contributed by atoms with Gasteiger partial charge in [-0.15, -0.1) is 0 Å². The third-order valence-electron chi connectivity index (χ3n) is 10.1. The first-order chi connectivity index (χ1) is 12.7. The minimum atomic E-state index is -0.509. The molecule has 4 rings (SSSR count). The Morgan fingerprint density at radius 3 is 2.44 bits per heavy atom. The standard InChI is InChI=1S/C24H40O3/c1-15(25)19-8-9-20-18-7-6-17-14-22(3,26)12-13-24(17,16(2)27-5)21(18)10-11-23(19,20)4/h16-21,26H,6-14H2,1-5H3/t16?,17-,18-,19+,20-,21-,22+,23+,24+/m0/s1. The summed E-state index contributed by atoms with van der Waals surface area (Å²) in [6, 6.07) is 0. The molecule has 1 unspecified atom stereocenters. The smallest absolute Gasteiger partial charge is 0.133 e. The van der Waals surface area contributed by atoms with Gasteiger partial charge in [0.05, 0.1) is 11.7 Å². The van der Waals surface area contributed by atoms with Crippen molar-refractivity contribution in [3.8, 4) is 0 Å². The minimum Gasteiger partial charge on any atom is -0.390 e. The molecule has 1 N–H and O–H groups in total. The second kappa shape index (κ2) is 6.55. The van der Waals surface area contributed by atoms with Crippen molar-refractivity contribution in [3.05, 3.63) is 0 Å². The van der Waals surface area contributed by atoms with E-state index in [-0.39, 0.29) is 22.9 Å². The lowest BCUT2D eigenvalue weighted by atomic mass is 9.42. The average Bonchev–Trinajstić information content (AvgIpc) is 2.97. The maximum absolute atomic E-state index is 12.3. The van der Waals surface area contributed by atoms with Gasteiger partial charge in [-0.1, -0.05) is 6.92 Å². The van der Waals surface area contributed by atoms with Crippen LogP contribution >= 0.6 is 0 Å². The molecule has 27 heavy (non-hydrogen) atoms. The SMILES string of the molecule is COC(C)[C@]12CC[C@@](C)(O)C[C@@H]1CC[C@H]1[C@@H]3CC[C@H](C(C)=O)[C@@]3(C)CC[C@@H]12. The van der Waals surface area contributed by atoms with Crippen LogP contribution in [0.3, 0.4) is 0 Å². The van der Waals surface area contributed by atoms with Crippen LogP contribution in [0.1, 0.15) is 85.5 Å². The van der Waals surface area contributed by atoms with Gasteiger partial charge in [0.15, 0.2) is 0 Å². The van der Waals surface area contributed by atoms with Gasteiger partial charge in [0.1, 0.15) is 5.78 Å². The number of hydrogen-bond acceptors (Lipinski definition) is 3. The molecule has 0 bridgehead atoms. The lowest BCUT2D eigenvalue weighted by Crippen LogP contribution is -2.60. The van der Waals surface area contributed by atoms with E-state index in [1.807, 2.05) is 21.0 Å². The fourth-order valence-electron chi connectivity index (χ4n) is 8.85. The van der Waals surface area contributed by atoms with Gasteiger partial charge in [-0.05, 0) is 108 Å². The first-order valence-corrected chi connectivity index (χ1v) is 11.4. The number of ketones is 1. The zero-order valence-corrected chi connectivity index (χ0v) is 18.1. The monoisotopic (exact) mass is 376 g/mol. The van der Waals surface area contributed by atoms with Crippen molar-refractivity contribution in [2.45, 2.75) is 97.2 Å². The number of fused-ring (bicyclic) bond motifs is 5. The number of hydrogen-bond donors (Lipinski definition) is 1. The van der Waals surface area contributed by atoms with Gasteiger partial charge in [0.25, 0.3) is 0 Å². The molecule has 0 aromatic rings. The maximum Gasteiger partial charge on any atom is 0.133 e. The summed E-state index contributed by atoms with van der Waals surface area (Å²) in [5.74, 6) is 3.42. The van der Waals surface area contributed by atoms with E-state index in [4.69, 9.17) is 4.74 Å². The Kier molecular flexibility index (Phi) is 4.83. The highest BCUT2D eigenvalue weighted by Gasteiger charge is 2.64. The third kappa shape index (κ3) is 2.78. The van der Waals surface area contributed by atoms with Crippen molar-refractivity contribution < 1.29 is 14.6 Å². The highest BCUT2D eigenvalue weighted by molar-refractivity contribution is 5.79. The van der Waals surface area contributed by atoms with E-state index >= 15 is 0 Å². The van der Waals surface area contributed by atoms with E-state index < -0.39 is 5.60 Å². The normalized spacial score (nSPS) is 53.2. The third-order valence-corrected chi connectivity index (χ3v) is 10.1. The van der Waals surface area contributed by atoms with Crippen LogP contribution in [-0.4, -0.2) is 29.7 Å². The van der Waals surface area contributed by atoms with Gasteiger partial charge >= 0.3 is 0 Å². The van der Waals surface area contributed by atoms with E-state index in [9.17, 15) is 9.90 Å². The lowest BCUT2D eigenvalue weighted by molar-refractivity contribution is -0.198. The predicted octanol–water partition coefficient (Wildman–Crippen LogP) is 5.00. The number of aliphatic hydroxyl groups is 1. The molecule has 0 spiro atoms. The summed E-state index contributed by atoms with van der Waals surface area (Å²) in [7, 11) is 1.88. The second-order valence-corrected chi connectivity index (χ2v) is 11.1. The molecule has 4 aliphatic carbocycles. The fraction of sp³-hybridized carbons (Fsp3) is 0.958. The molecule has 4 aliphatic rings. The van der Waals surface area contributed by atoms with Gasteiger partial charge in [-0.25, -0.2) is 0 Å². The van der Waals surface area contributed by atoms with E-state index in [1.165, 1.54) is 32.1 Å². The molecular formula is C24H40O3. The Morgan fingerprint density at radius 2 is 1.78 bits per heavy atom. The first kappa shape index (κ1) is 19.9. The molecular weight excluding hydrogens is 336 g/mol. The summed E-state index contributed by atoms with van der Waals surface area (Å²) >= 11 is 0. The summed E-state index contributed by atoms with van der Waals surface area (Å²) < 4.78 is 6.03. The maximum atomic E-state index is 12.3. The molecule has 3 nitrogen and oxygen atoms in total. The Bertz CT molecular complexity index is 598. The molecule has 0 aromatic heterocycles. The first-order valence-electron chi connectivity index (χ1n) is 11.4. The largest absolute Gasteiger partial charge is 0.390 e. The van der Waals surface area contributed by atoms with Gasteiger partial charge in [0, 0.05) is 18.4 Å². The van der Waals surface area contributed by atoms with Crippen LogP contribution in [0.4, 0.5) is 0 Å². The van der Waals surface area contributed by atoms with Crippen LogP contribution in [0.25, 0.3) is 0 Å². The molecule has 0 aliphatic heterocycles. The van der Waals surface area contributed by atoms with E-state index in [0.717, 1.165) is 31.6 Å². The van der Waals surface area contributed by atoms with E-state index in [0.29, 0.717) is 23.5 Å². The van der Waals surface area contributed by atoms with Gasteiger partial charge in [-0.3, -0.25) is 4.79 Å². The molecule has 3 heteroatoms. The summed E-state index contributed by atoms with van der Waals surface area (Å²) in [4.78, 5) is 12.3. The highest BCUT2D eigenvalue weighted by atomic mass is 16.5. The average molecular weight is 377 g/mol. The number of rotatable bonds is 3.